The van der Waals surface area contributed by atoms with E-state index in [0.29, 0.717) is 42.3 Å². The van der Waals surface area contributed by atoms with Gasteiger partial charge in [-0.1, -0.05) is 0 Å². The lowest BCUT2D eigenvalue weighted by Crippen LogP contribution is -2.55. The van der Waals surface area contributed by atoms with Gasteiger partial charge in [-0.2, -0.15) is 5.10 Å². The minimum atomic E-state index is -0.857. The molecule has 43 heavy (non-hydrogen) atoms. The number of fused-ring (bicyclic) bond motifs is 3. The summed E-state index contributed by atoms with van der Waals surface area (Å²) in [5.74, 6) is -3.22. The largest absolute Gasteiger partial charge is 0.496 e. The highest BCUT2D eigenvalue weighted by Gasteiger charge is 2.39. The summed E-state index contributed by atoms with van der Waals surface area (Å²) < 4.78 is 62.4. The Hall–Kier alpha value is -4.91. The number of benzene rings is 2. The van der Waals surface area contributed by atoms with Crippen LogP contribution in [0.3, 0.4) is 0 Å². The molecular weight excluding hydrogens is 567 g/mol. The van der Waals surface area contributed by atoms with E-state index in [1.165, 1.54) is 30.0 Å². The van der Waals surface area contributed by atoms with E-state index < -0.39 is 34.8 Å². The number of rotatable bonds is 5. The maximum absolute atomic E-state index is 15.1. The molecule has 0 atom stereocenters. The van der Waals surface area contributed by atoms with Gasteiger partial charge in [0, 0.05) is 40.9 Å². The fraction of sp³-hybridized carbons (Fsp3) is 0.267. The summed E-state index contributed by atoms with van der Waals surface area (Å²) in [4.78, 5) is 31.2. The molecule has 2 aliphatic rings. The molecule has 0 saturated carbocycles. The average Bonchev–Trinajstić information content (AvgIpc) is 3.36. The van der Waals surface area contributed by atoms with Gasteiger partial charge < -0.3 is 24.8 Å². The van der Waals surface area contributed by atoms with Crippen molar-refractivity contribution in [2.75, 3.05) is 26.9 Å². The van der Waals surface area contributed by atoms with Crippen molar-refractivity contribution in [2.45, 2.75) is 26.0 Å². The Balaban J connectivity index is 1.61. The first-order valence-electron chi connectivity index (χ1n) is 13.3. The van der Waals surface area contributed by atoms with Crippen LogP contribution in [0.1, 0.15) is 40.4 Å². The Morgan fingerprint density at radius 1 is 1.02 bits per heavy atom. The second kappa shape index (κ2) is 10.4. The van der Waals surface area contributed by atoms with Crippen molar-refractivity contribution in [3.63, 3.8) is 0 Å². The van der Waals surface area contributed by atoms with Gasteiger partial charge in [-0.3, -0.25) is 9.59 Å². The number of amides is 2. The Morgan fingerprint density at radius 3 is 2.44 bits per heavy atom. The number of morpholine rings is 1. The minimum Gasteiger partial charge on any atom is -0.496 e. The predicted octanol–water partition coefficient (Wildman–Crippen LogP) is 4.27. The Bertz CT molecular complexity index is 1790. The summed E-state index contributed by atoms with van der Waals surface area (Å²) in [6, 6.07) is 7.16. The quantitative estimate of drug-likeness (QED) is 0.367. The molecule has 0 aliphatic carbocycles. The number of pyridine rings is 1. The lowest BCUT2D eigenvalue weighted by Gasteiger charge is -2.41. The fourth-order valence-corrected chi connectivity index (χ4v) is 5.42. The number of primary amides is 1. The second-order valence-electron chi connectivity index (χ2n) is 10.8. The van der Waals surface area contributed by atoms with Crippen LogP contribution in [0.4, 0.5) is 13.2 Å². The number of nitrogens with two attached hydrogens (primary N) is 1. The van der Waals surface area contributed by atoms with E-state index in [-0.39, 0.29) is 40.6 Å². The lowest BCUT2D eigenvalue weighted by molar-refractivity contribution is -0.0374. The number of ether oxygens (including phenoxy) is 3. The molecule has 2 aromatic heterocycles. The van der Waals surface area contributed by atoms with Crippen LogP contribution in [0.25, 0.3) is 28.1 Å². The van der Waals surface area contributed by atoms with Crippen LogP contribution in [-0.2, 0) is 11.3 Å². The van der Waals surface area contributed by atoms with E-state index in [2.05, 4.69) is 10.1 Å². The van der Waals surface area contributed by atoms with Crippen LogP contribution >= 0.6 is 0 Å². The highest BCUT2D eigenvalue weighted by Crippen LogP contribution is 2.46. The van der Waals surface area contributed by atoms with Gasteiger partial charge in [0.05, 0.1) is 43.4 Å². The topological polar surface area (TPSA) is 122 Å². The molecule has 2 N–H and O–H groups in total. The molecule has 4 aromatic rings. The number of carbonyl (C=O) groups excluding carboxylic acids is 2. The van der Waals surface area contributed by atoms with Crippen LogP contribution in [0, 0.1) is 17.5 Å². The minimum absolute atomic E-state index is 0.0189. The van der Waals surface area contributed by atoms with E-state index in [4.69, 9.17) is 19.9 Å². The van der Waals surface area contributed by atoms with E-state index in [0.717, 1.165) is 24.4 Å². The number of aromatic nitrogens is 3. The Labute approximate surface area is 243 Å². The van der Waals surface area contributed by atoms with Crippen LogP contribution in [0.2, 0.25) is 0 Å². The van der Waals surface area contributed by atoms with Crippen LogP contribution in [0.15, 0.2) is 42.6 Å². The molecule has 2 aliphatic heterocycles. The third kappa shape index (κ3) is 4.84. The number of nitrogens with zero attached hydrogens (tertiary/aromatic N) is 4. The third-order valence-corrected chi connectivity index (χ3v) is 7.50. The zero-order valence-corrected chi connectivity index (χ0v) is 23.4. The van der Waals surface area contributed by atoms with Crippen molar-refractivity contribution in [3.8, 4) is 39.6 Å². The monoisotopic (exact) mass is 593 g/mol. The second-order valence-corrected chi connectivity index (χ2v) is 10.8. The summed E-state index contributed by atoms with van der Waals surface area (Å²) in [5.41, 5.74) is 5.81. The molecule has 10 nitrogen and oxygen atoms in total. The molecule has 0 spiro atoms. The van der Waals surface area contributed by atoms with E-state index in [1.807, 2.05) is 13.8 Å². The molecule has 222 valence electrons. The van der Waals surface area contributed by atoms with Crippen molar-refractivity contribution in [1.82, 2.24) is 19.7 Å². The molecule has 2 aromatic carbocycles. The Morgan fingerprint density at radius 2 is 1.77 bits per heavy atom. The summed E-state index contributed by atoms with van der Waals surface area (Å²) in [5, 5.41) is 4.58. The first kappa shape index (κ1) is 28.2. The average molecular weight is 594 g/mol. The Kier molecular flexibility index (Phi) is 6.84. The van der Waals surface area contributed by atoms with Gasteiger partial charge in [-0.25, -0.2) is 22.8 Å². The molecular formula is C30H26F3N5O5. The number of methoxy groups -OCH3 is 1. The predicted molar refractivity (Wildman–Crippen MR) is 147 cm³/mol. The van der Waals surface area contributed by atoms with Crippen LogP contribution < -0.4 is 15.2 Å². The highest BCUT2D eigenvalue weighted by molar-refractivity contribution is 5.98. The standard InChI is InChI=1S/C30H26F3N5O5/c1-30(2)14-42-5-4-37(30)29(40)26-21-13-43-25-11-24(41-3)19(18-10-23(28(34)39)35-12-22(18)33)9-20(25)27(21)38(36-26)17-7-15(31)6-16(32)8-17/h6-12H,4-5,13-14H2,1-3H3,(H2,34,39). The van der Waals surface area contributed by atoms with Gasteiger partial charge in [0.1, 0.15) is 41.3 Å². The van der Waals surface area contributed by atoms with E-state index in [9.17, 15) is 18.4 Å². The van der Waals surface area contributed by atoms with Crippen LogP contribution in [-0.4, -0.2) is 63.9 Å². The van der Waals surface area contributed by atoms with Crippen molar-refractivity contribution in [3.05, 3.63) is 77.0 Å². The number of hydrogen-bond donors (Lipinski definition) is 1. The zero-order chi connectivity index (χ0) is 30.6. The van der Waals surface area contributed by atoms with Gasteiger partial charge >= 0.3 is 0 Å². The fourth-order valence-electron chi connectivity index (χ4n) is 5.42. The van der Waals surface area contributed by atoms with E-state index in [1.54, 1.807) is 4.90 Å². The van der Waals surface area contributed by atoms with Gasteiger partial charge in [0.15, 0.2) is 5.69 Å². The van der Waals surface area contributed by atoms with Gasteiger partial charge in [-0.15, -0.1) is 0 Å². The zero-order valence-electron chi connectivity index (χ0n) is 23.4. The van der Waals surface area contributed by atoms with Crippen molar-refractivity contribution in [2.24, 2.45) is 5.73 Å². The maximum Gasteiger partial charge on any atom is 0.275 e. The molecule has 13 heteroatoms. The molecule has 1 fully saturated rings. The normalized spacial score (nSPS) is 15.3. The summed E-state index contributed by atoms with van der Waals surface area (Å²) in [6.45, 7) is 4.59. The molecule has 1 saturated heterocycles. The smallest absolute Gasteiger partial charge is 0.275 e. The molecule has 4 heterocycles. The first-order valence-corrected chi connectivity index (χ1v) is 13.3. The molecule has 2 amide bonds. The van der Waals surface area contributed by atoms with Crippen molar-refractivity contribution >= 4 is 11.8 Å². The van der Waals surface area contributed by atoms with Gasteiger partial charge in [0.25, 0.3) is 11.8 Å². The van der Waals surface area contributed by atoms with Crippen LogP contribution in [0.5, 0.6) is 11.5 Å². The molecule has 0 unspecified atom stereocenters. The molecule has 0 bridgehead atoms. The van der Waals surface area contributed by atoms with Crippen molar-refractivity contribution < 1.29 is 37.0 Å². The number of carbonyl (C=O) groups is 2. The van der Waals surface area contributed by atoms with E-state index >= 15 is 4.39 Å². The number of hydrogen-bond acceptors (Lipinski definition) is 7. The van der Waals surface area contributed by atoms with Crippen molar-refractivity contribution in [1.29, 1.82) is 0 Å². The first-order chi connectivity index (χ1) is 20.5. The maximum atomic E-state index is 15.1. The summed E-state index contributed by atoms with van der Waals surface area (Å²) in [7, 11) is 1.38. The highest BCUT2D eigenvalue weighted by atomic mass is 19.1. The van der Waals surface area contributed by atoms with Gasteiger partial charge in [0.2, 0.25) is 0 Å². The molecule has 0 radical (unpaired) electrons. The molecule has 6 rings (SSSR count). The SMILES string of the molecule is COc1cc2c(cc1-c1cc(C(N)=O)ncc1F)-c1c(c(C(=O)N3CCOCC3(C)C)nn1-c1cc(F)cc(F)c1)CO2. The third-order valence-electron chi connectivity index (χ3n) is 7.50. The number of halogens is 3. The lowest BCUT2D eigenvalue weighted by atomic mass is 9.95. The summed E-state index contributed by atoms with van der Waals surface area (Å²) in [6.07, 6.45) is 0.872. The van der Waals surface area contributed by atoms with Gasteiger partial charge in [-0.05, 0) is 38.1 Å². The summed E-state index contributed by atoms with van der Waals surface area (Å²) >= 11 is 0.